The molecule has 1 aliphatic rings. The molecule has 0 spiro atoms. The molecule has 5 nitrogen and oxygen atoms in total. The average Bonchev–Trinajstić information content (AvgIpc) is 2.80. The molecule has 17 heavy (non-hydrogen) atoms. The molecule has 0 N–H and O–H groups in total. The molecule has 92 valence electrons. The van der Waals surface area contributed by atoms with Gasteiger partial charge in [-0.15, -0.1) is 0 Å². The van der Waals surface area contributed by atoms with Crippen LogP contribution in [0.5, 0.6) is 0 Å². The molecule has 2 rings (SSSR count). The monoisotopic (exact) mass is 318 g/mol. The second-order valence-corrected chi connectivity index (χ2v) is 5.61. The smallest absolute Gasteiger partial charge is 0.302 e. The minimum absolute atomic E-state index is 0.0439. The highest BCUT2D eigenvalue weighted by molar-refractivity contribution is 9.10. The summed E-state index contributed by atoms with van der Waals surface area (Å²) >= 11 is 4.56. The maximum atomic E-state index is 10.9. The fraction of sp³-hybridized carbons (Fsp3) is 0.500. The highest BCUT2D eigenvalue weighted by Gasteiger charge is 2.20. The molecule has 7 heteroatoms. The minimum Gasteiger partial charge on any atom is -0.377 e. The van der Waals surface area contributed by atoms with Crippen LogP contribution in [-0.2, 0) is 4.74 Å². The third-order valence-electron chi connectivity index (χ3n) is 2.43. The fourth-order valence-corrected chi connectivity index (χ4v) is 2.94. The van der Waals surface area contributed by atoms with Gasteiger partial charge >= 0.3 is 5.69 Å². The molecule has 0 saturated carbocycles. The van der Waals surface area contributed by atoms with Crippen molar-refractivity contribution in [1.29, 1.82) is 0 Å². The van der Waals surface area contributed by atoms with Gasteiger partial charge in [-0.25, -0.2) is 4.98 Å². The van der Waals surface area contributed by atoms with Gasteiger partial charge in [0.25, 0.3) is 0 Å². The van der Waals surface area contributed by atoms with Gasteiger partial charge in [0.2, 0.25) is 0 Å². The summed E-state index contributed by atoms with van der Waals surface area (Å²) in [7, 11) is 0. The Hall–Kier alpha value is -0.660. The first-order valence-corrected chi connectivity index (χ1v) is 6.99. The molecular formula is C10H11BrN2O3S. The predicted molar refractivity (Wildman–Crippen MR) is 68.3 cm³/mol. The summed E-state index contributed by atoms with van der Waals surface area (Å²) in [5, 5.41) is 11.3. The number of halogens is 1. The van der Waals surface area contributed by atoms with Crippen molar-refractivity contribution in [2.45, 2.75) is 24.0 Å². The lowest BCUT2D eigenvalue weighted by atomic mass is 10.3. The Morgan fingerprint density at radius 3 is 3.18 bits per heavy atom. The van der Waals surface area contributed by atoms with Crippen molar-refractivity contribution in [2.24, 2.45) is 0 Å². The van der Waals surface area contributed by atoms with E-state index < -0.39 is 4.92 Å². The van der Waals surface area contributed by atoms with Crippen LogP contribution in [0, 0.1) is 10.1 Å². The SMILES string of the molecule is O=[N+]([O-])c1cc(Br)cnc1SCC1CCCO1. The molecule has 1 aromatic heterocycles. The zero-order valence-corrected chi connectivity index (χ0v) is 11.4. The molecule has 2 heterocycles. The van der Waals surface area contributed by atoms with Gasteiger partial charge in [-0.05, 0) is 28.8 Å². The van der Waals surface area contributed by atoms with Crippen molar-refractivity contribution in [1.82, 2.24) is 4.98 Å². The highest BCUT2D eigenvalue weighted by atomic mass is 79.9. The summed E-state index contributed by atoms with van der Waals surface area (Å²) in [6.45, 7) is 0.793. The first kappa shape index (κ1) is 12.8. The van der Waals surface area contributed by atoms with Crippen LogP contribution < -0.4 is 0 Å². The molecule has 1 saturated heterocycles. The van der Waals surface area contributed by atoms with E-state index in [0.29, 0.717) is 9.50 Å². The van der Waals surface area contributed by atoms with E-state index in [0.717, 1.165) is 25.2 Å². The zero-order valence-electron chi connectivity index (χ0n) is 8.97. The molecular weight excluding hydrogens is 308 g/mol. The molecule has 0 amide bonds. The highest BCUT2D eigenvalue weighted by Crippen LogP contribution is 2.31. The van der Waals surface area contributed by atoms with Gasteiger partial charge in [0, 0.05) is 29.1 Å². The van der Waals surface area contributed by atoms with Gasteiger partial charge in [0.15, 0.2) is 5.03 Å². The van der Waals surface area contributed by atoms with Gasteiger partial charge in [-0.1, -0.05) is 11.8 Å². The van der Waals surface area contributed by atoms with Crippen molar-refractivity contribution < 1.29 is 9.66 Å². The number of thioether (sulfide) groups is 1. The molecule has 0 aromatic carbocycles. The molecule has 1 atom stereocenters. The van der Waals surface area contributed by atoms with E-state index in [4.69, 9.17) is 4.74 Å². The Kier molecular flexibility index (Phi) is 4.36. The first-order chi connectivity index (χ1) is 8.16. The van der Waals surface area contributed by atoms with Crippen molar-refractivity contribution >= 4 is 33.4 Å². The van der Waals surface area contributed by atoms with E-state index in [9.17, 15) is 10.1 Å². The van der Waals surface area contributed by atoms with Crippen molar-refractivity contribution in [3.8, 4) is 0 Å². The van der Waals surface area contributed by atoms with E-state index in [1.807, 2.05) is 0 Å². The second kappa shape index (κ2) is 5.79. The molecule has 0 aliphatic carbocycles. The van der Waals surface area contributed by atoms with Crippen molar-refractivity contribution in [3.63, 3.8) is 0 Å². The standard InChI is InChI=1S/C10H11BrN2O3S/c11-7-4-9(13(14)15)10(12-5-7)17-6-8-2-1-3-16-8/h4-5,8H,1-3,6H2. The van der Waals surface area contributed by atoms with Crippen LogP contribution in [-0.4, -0.2) is 28.4 Å². The number of rotatable bonds is 4. The molecule has 1 fully saturated rings. The number of ether oxygens (including phenoxy) is 1. The number of hydrogen-bond acceptors (Lipinski definition) is 5. The summed E-state index contributed by atoms with van der Waals surface area (Å²) < 4.78 is 6.09. The quantitative estimate of drug-likeness (QED) is 0.485. The third kappa shape index (κ3) is 3.40. The van der Waals surface area contributed by atoms with E-state index >= 15 is 0 Å². The van der Waals surface area contributed by atoms with E-state index in [-0.39, 0.29) is 11.8 Å². The topological polar surface area (TPSA) is 65.3 Å². The van der Waals surface area contributed by atoms with Gasteiger partial charge < -0.3 is 4.74 Å². The van der Waals surface area contributed by atoms with E-state index in [2.05, 4.69) is 20.9 Å². The van der Waals surface area contributed by atoms with Gasteiger partial charge in [-0.3, -0.25) is 10.1 Å². The van der Waals surface area contributed by atoms with Crippen LogP contribution in [0.2, 0.25) is 0 Å². The van der Waals surface area contributed by atoms with E-state index in [1.165, 1.54) is 17.8 Å². The third-order valence-corrected chi connectivity index (χ3v) is 3.99. The van der Waals surface area contributed by atoms with Crippen LogP contribution in [0.15, 0.2) is 21.8 Å². The minimum atomic E-state index is -0.407. The molecule has 1 aliphatic heterocycles. The summed E-state index contributed by atoms with van der Waals surface area (Å²) in [5.74, 6) is 0.718. The number of hydrogen-bond donors (Lipinski definition) is 0. The zero-order chi connectivity index (χ0) is 12.3. The lowest BCUT2D eigenvalue weighted by Gasteiger charge is -2.08. The Labute approximate surface area is 111 Å². The van der Waals surface area contributed by atoms with Crippen LogP contribution in [0.1, 0.15) is 12.8 Å². The lowest BCUT2D eigenvalue weighted by Crippen LogP contribution is -2.08. The normalized spacial score (nSPS) is 19.5. The van der Waals surface area contributed by atoms with Crippen LogP contribution in [0.4, 0.5) is 5.69 Å². The fourth-order valence-electron chi connectivity index (χ4n) is 1.61. The number of pyridine rings is 1. The molecule has 1 aromatic rings. The number of aromatic nitrogens is 1. The Morgan fingerprint density at radius 1 is 1.71 bits per heavy atom. The van der Waals surface area contributed by atoms with Crippen LogP contribution >= 0.6 is 27.7 Å². The summed E-state index contributed by atoms with van der Waals surface area (Å²) in [4.78, 5) is 14.5. The molecule has 1 unspecified atom stereocenters. The van der Waals surface area contributed by atoms with Gasteiger partial charge in [0.1, 0.15) is 0 Å². The predicted octanol–water partition coefficient (Wildman–Crippen LogP) is 3.02. The summed E-state index contributed by atoms with van der Waals surface area (Å²) in [6, 6.07) is 1.48. The largest absolute Gasteiger partial charge is 0.377 e. The summed E-state index contributed by atoms with van der Waals surface area (Å²) in [6.07, 6.45) is 3.87. The van der Waals surface area contributed by atoms with E-state index in [1.54, 1.807) is 6.20 Å². The Morgan fingerprint density at radius 2 is 2.53 bits per heavy atom. The second-order valence-electron chi connectivity index (χ2n) is 3.68. The van der Waals surface area contributed by atoms with Crippen LogP contribution in [0.25, 0.3) is 0 Å². The maximum Gasteiger partial charge on any atom is 0.302 e. The van der Waals surface area contributed by atoms with Gasteiger partial charge in [0.05, 0.1) is 11.0 Å². The summed E-state index contributed by atoms with van der Waals surface area (Å²) in [5.41, 5.74) is 0.0439. The van der Waals surface area contributed by atoms with Crippen molar-refractivity contribution in [2.75, 3.05) is 12.4 Å². The number of nitrogens with zero attached hydrogens (tertiary/aromatic N) is 2. The van der Waals surface area contributed by atoms with Crippen molar-refractivity contribution in [3.05, 3.63) is 26.9 Å². The van der Waals surface area contributed by atoms with Crippen LogP contribution in [0.3, 0.4) is 0 Å². The lowest BCUT2D eigenvalue weighted by molar-refractivity contribution is -0.388. The first-order valence-electron chi connectivity index (χ1n) is 5.21. The average molecular weight is 319 g/mol. The molecule has 0 radical (unpaired) electrons. The maximum absolute atomic E-state index is 10.9. The number of nitro groups is 1. The van der Waals surface area contributed by atoms with Gasteiger partial charge in [-0.2, -0.15) is 0 Å². The molecule has 0 bridgehead atoms. The Balaban J connectivity index is 2.06. The Bertz CT molecular complexity index is 424.